The maximum atomic E-state index is 5.93. The molecule has 0 aliphatic rings. The van der Waals surface area contributed by atoms with Crippen LogP contribution < -0.4 is 9.16 Å². The molecule has 2 aromatic rings. The number of pyridine rings is 1. The lowest BCUT2D eigenvalue weighted by Gasteiger charge is -2.15. The lowest BCUT2D eigenvalue weighted by atomic mass is 9.95. The Morgan fingerprint density at radius 1 is 0.800 bits per heavy atom. The van der Waals surface area contributed by atoms with E-state index < -0.39 is 0 Å². The highest BCUT2D eigenvalue weighted by atomic mass is 28.2. The van der Waals surface area contributed by atoms with E-state index in [4.69, 9.17) is 13.9 Å². The minimum Gasteiger partial charge on any atom is -0.527 e. The second-order valence-electron chi connectivity index (χ2n) is 9.52. The number of ether oxygens (including phenoxy) is 2. The molecule has 7 heteroatoms. The number of rotatable bonds is 20. The van der Waals surface area contributed by atoms with Crippen LogP contribution >= 0.6 is 0 Å². The van der Waals surface area contributed by atoms with E-state index in [2.05, 4.69) is 42.6 Å². The Kier molecular flexibility index (Phi) is 15.3. The standard InChI is InChI=1S/C28H45N3O3Si/c1-5-7-11-23(3)12-13-24(4)22-35-34-28-21-29-20-27(31-28)26-15-14-25(19-30-26)33-18-10-9-17-32-16-8-6-2/h14-15,19-21,23-24H,5-13,16-18,22H2,1-4H3. The first-order valence-electron chi connectivity index (χ1n) is 13.5. The molecule has 0 aromatic carbocycles. The fraction of sp³-hybridized carbons (Fsp3) is 0.679. The van der Waals surface area contributed by atoms with Gasteiger partial charge in [-0.25, -0.2) is 4.98 Å². The van der Waals surface area contributed by atoms with Crippen molar-refractivity contribution in [2.24, 2.45) is 11.8 Å². The molecule has 0 amide bonds. The van der Waals surface area contributed by atoms with Crippen molar-refractivity contribution < 1.29 is 13.9 Å². The maximum absolute atomic E-state index is 5.93. The summed E-state index contributed by atoms with van der Waals surface area (Å²) >= 11 is 0. The van der Waals surface area contributed by atoms with E-state index in [1.165, 1.54) is 38.5 Å². The molecule has 0 saturated heterocycles. The van der Waals surface area contributed by atoms with Crippen LogP contribution in [0.4, 0.5) is 0 Å². The summed E-state index contributed by atoms with van der Waals surface area (Å²) in [7, 11) is 0.393. The first-order chi connectivity index (χ1) is 17.1. The van der Waals surface area contributed by atoms with Gasteiger partial charge < -0.3 is 13.9 Å². The largest absolute Gasteiger partial charge is 0.527 e. The Morgan fingerprint density at radius 3 is 2.34 bits per heavy atom. The van der Waals surface area contributed by atoms with Crippen molar-refractivity contribution in [1.82, 2.24) is 15.0 Å². The minimum atomic E-state index is 0.393. The van der Waals surface area contributed by atoms with Crippen LogP contribution in [0, 0.1) is 11.8 Å². The number of hydrogen-bond acceptors (Lipinski definition) is 6. The van der Waals surface area contributed by atoms with Crippen molar-refractivity contribution in [2.45, 2.75) is 91.5 Å². The van der Waals surface area contributed by atoms with Gasteiger partial charge in [-0.2, -0.15) is 0 Å². The van der Waals surface area contributed by atoms with E-state index in [9.17, 15) is 0 Å². The highest BCUT2D eigenvalue weighted by molar-refractivity contribution is 6.28. The SMILES string of the molecule is CCCCOCCCCOc1ccc(-c2cncc(O[Si]CC(C)CCC(C)CCCC)n2)nc1. The average molecular weight is 500 g/mol. The molecule has 2 rings (SSSR count). The monoisotopic (exact) mass is 499 g/mol. The summed E-state index contributed by atoms with van der Waals surface area (Å²) in [6.45, 7) is 11.5. The molecule has 35 heavy (non-hydrogen) atoms. The molecule has 2 aromatic heterocycles. The first-order valence-corrected chi connectivity index (χ1v) is 14.6. The quantitative estimate of drug-likeness (QED) is 0.142. The third-order valence-electron chi connectivity index (χ3n) is 6.02. The lowest BCUT2D eigenvalue weighted by molar-refractivity contribution is 0.123. The van der Waals surface area contributed by atoms with Crippen LogP contribution in [-0.4, -0.2) is 44.5 Å². The number of unbranched alkanes of at least 4 members (excludes halogenated alkanes) is 3. The molecule has 0 bridgehead atoms. The number of nitrogens with zero attached hydrogens (tertiary/aromatic N) is 3. The summed E-state index contributed by atoms with van der Waals surface area (Å²) in [5.41, 5.74) is 1.47. The van der Waals surface area contributed by atoms with E-state index in [0.29, 0.717) is 33.9 Å². The van der Waals surface area contributed by atoms with Crippen LogP contribution in [0.1, 0.15) is 85.5 Å². The van der Waals surface area contributed by atoms with Crippen molar-refractivity contribution >= 4 is 9.76 Å². The molecule has 0 aliphatic heterocycles. The summed E-state index contributed by atoms with van der Waals surface area (Å²) < 4.78 is 17.3. The van der Waals surface area contributed by atoms with Gasteiger partial charge >= 0.3 is 9.76 Å². The van der Waals surface area contributed by atoms with Crippen LogP contribution in [0.25, 0.3) is 11.4 Å². The highest BCUT2D eigenvalue weighted by Gasteiger charge is 2.10. The van der Waals surface area contributed by atoms with Gasteiger partial charge in [0.15, 0.2) is 0 Å². The van der Waals surface area contributed by atoms with Gasteiger partial charge in [0.2, 0.25) is 5.88 Å². The van der Waals surface area contributed by atoms with Gasteiger partial charge in [0.25, 0.3) is 0 Å². The van der Waals surface area contributed by atoms with Gasteiger partial charge in [-0.3, -0.25) is 9.97 Å². The Labute approximate surface area is 215 Å². The number of hydrogen-bond donors (Lipinski definition) is 0. The normalized spacial score (nSPS) is 12.9. The predicted molar refractivity (Wildman–Crippen MR) is 144 cm³/mol. The van der Waals surface area contributed by atoms with Gasteiger partial charge in [0.05, 0.1) is 30.9 Å². The first kappa shape index (κ1) is 29.2. The van der Waals surface area contributed by atoms with Crippen LogP contribution in [0.15, 0.2) is 30.7 Å². The Balaban J connectivity index is 1.68. The van der Waals surface area contributed by atoms with Gasteiger partial charge in [0.1, 0.15) is 11.4 Å². The molecule has 2 atom stereocenters. The number of aromatic nitrogens is 3. The van der Waals surface area contributed by atoms with E-state index in [0.717, 1.165) is 55.9 Å². The zero-order valence-corrected chi connectivity index (χ0v) is 23.3. The van der Waals surface area contributed by atoms with E-state index in [1.54, 1.807) is 18.6 Å². The fourth-order valence-electron chi connectivity index (χ4n) is 3.61. The van der Waals surface area contributed by atoms with E-state index >= 15 is 0 Å². The average Bonchev–Trinajstić information content (AvgIpc) is 2.88. The van der Waals surface area contributed by atoms with Crippen molar-refractivity contribution in [1.29, 1.82) is 0 Å². The van der Waals surface area contributed by atoms with Crippen LogP contribution in [0.2, 0.25) is 6.04 Å². The zero-order chi connectivity index (χ0) is 25.1. The van der Waals surface area contributed by atoms with Gasteiger partial charge in [-0.15, -0.1) is 0 Å². The topological polar surface area (TPSA) is 66.4 Å². The molecule has 2 radical (unpaired) electrons. The van der Waals surface area contributed by atoms with Crippen LogP contribution in [0.5, 0.6) is 11.6 Å². The second-order valence-corrected chi connectivity index (χ2v) is 10.4. The van der Waals surface area contributed by atoms with Crippen molar-refractivity contribution in [2.75, 3.05) is 19.8 Å². The third-order valence-corrected chi connectivity index (χ3v) is 7.23. The predicted octanol–water partition coefficient (Wildman–Crippen LogP) is 7.17. The fourth-order valence-corrected chi connectivity index (χ4v) is 4.43. The molecule has 0 fully saturated rings. The molecule has 0 spiro atoms. The highest BCUT2D eigenvalue weighted by Crippen LogP contribution is 2.21. The second kappa shape index (κ2) is 18.3. The Bertz CT molecular complexity index is 791. The van der Waals surface area contributed by atoms with Crippen molar-refractivity contribution in [3.63, 3.8) is 0 Å². The summed E-state index contributed by atoms with van der Waals surface area (Å²) in [6.07, 6.45) is 16.0. The molecule has 2 heterocycles. The summed E-state index contributed by atoms with van der Waals surface area (Å²) in [5.74, 6) is 2.81. The molecule has 6 nitrogen and oxygen atoms in total. The van der Waals surface area contributed by atoms with E-state index in [-0.39, 0.29) is 0 Å². The molecule has 0 saturated carbocycles. The molecular formula is C28H45N3O3Si. The molecular weight excluding hydrogens is 454 g/mol. The van der Waals surface area contributed by atoms with Crippen molar-refractivity contribution in [3.8, 4) is 23.0 Å². The molecule has 2 unspecified atom stereocenters. The maximum Gasteiger partial charge on any atom is 0.313 e. The molecule has 194 valence electrons. The summed E-state index contributed by atoms with van der Waals surface area (Å²) in [5, 5.41) is 0. The van der Waals surface area contributed by atoms with Gasteiger partial charge in [0, 0.05) is 13.2 Å². The van der Waals surface area contributed by atoms with Crippen LogP contribution in [0.3, 0.4) is 0 Å². The Morgan fingerprint density at radius 2 is 1.57 bits per heavy atom. The minimum absolute atomic E-state index is 0.393. The zero-order valence-electron chi connectivity index (χ0n) is 22.3. The third kappa shape index (κ3) is 13.0. The lowest BCUT2D eigenvalue weighted by Crippen LogP contribution is -2.09. The summed E-state index contributed by atoms with van der Waals surface area (Å²) in [6, 6.07) is 4.91. The van der Waals surface area contributed by atoms with Crippen LogP contribution in [-0.2, 0) is 4.74 Å². The molecule has 0 N–H and O–H groups in total. The molecule has 0 aliphatic carbocycles. The van der Waals surface area contributed by atoms with Crippen molar-refractivity contribution in [3.05, 3.63) is 30.7 Å². The smallest absolute Gasteiger partial charge is 0.313 e. The summed E-state index contributed by atoms with van der Waals surface area (Å²) in [4.78, 5) is 13.4. The Hall–Kier alpha value is -1.99. The van der Waals surface area contributed by atoms with E-state index in [1.807, 2.05) is 12.1 Å². The van der Waals surface area contributed by atoms with Gasteiger partial charge in [-0.1, -0.05) is 66.2 Å². The van der Waals surface area contributed by atoms with Gasteiger partial charge in [-0.05, 0) is 49.3 Å².